The highest BCUT2D eigenvalue weighted by molar-refractivity contribution is 5.70. The molecule has 2 N–H and O–H groups in total. The van der Waals surface area contributed by atoms with Gasteiger partial charge in [0, 0.05) is 17.8 Å². The molecular weight excluding hydrogens is 274 g/mol. The van der Waals surface area contributed by atoms with Gasteiger partial charge < -0.3 is 10.4 Å². The Hall–Kier alpha value is -2.62. The summed E-state index contributed by atoms with van der Waals surface area (Å²) in [5.74, 6) is -1.17. The Morgan fingerprint density at radius 2 is 2.24 bits per heavy atom. The number of carbonyl (C=O) groups is 1. The van der Waals surface area contributed by atoms with Gasteiger partial charge in [-0.05, 0) is 31.4 Å². The molecule has 1 aliphatic rings. The Morgan fingerprint density at radius 1 is 1.48 bits per heavy atom. The van der Waals surface area contributed by atoms with Crippen molar-refractivity contribution in [2.45, 2.75) is 31.7 Å². The lowest BCUT2D eigenvalue weighted by molar-refractivity contribution is -0.385. The van der Waals surface area contributed by atoms with Crippen molar-refractivity contribution in [1.29, 1.82) is 5.26 Å². The quantitative estimate of drug-likeness (QED) is 0.649. The first-order valence-corrected chi connectivity index (χ1v) is 6.69. The van der Waals surface area contributed by atoms with E-state index in [1.54, 1.807) is 12.1 Å². The van der Waals surface area contributed by atoms with E-state index in [1.807, 2.05) is 0 Å². The zero-order chi connectivity index (χ0) is 15.4. The highest BCUT2D eigenvalue weighted by atomic mass is 16.6. The Morgan fingerprint density at radius 3 is 2.86 bits per heavy atom. The Kier molecular flexibility index (Phi) is 4.38. The molecule has 2 unspecified atom stereocenters. The summed E-state index contributed by atoms with van der Waals surface area (Å²) in [6.45, 7) is 0. The van der Waals surface area contributed by atoms with Crippen LogP contribution in [-0.4, -0.2) is 22.0 Å². The first-order chi connectivity index (χ1) is 10.0. The smallest absolute Gasteiger partial charge is 0.306 e. The van der Waals surface area contributed by atoms with E-state index in [1.165, 1.54) is 12.1 Å². The van der Waals surface area contributed by atoms with Gasteiger partial charge in [-0.25, -0.2) is 0 Å². The minimum atomic E-state index is -0.799. The summed E-state index contributed by atoms with van der Waals surface area (Å²) in [6.07, 6.45) is 2.81. The van der Waals surface area contributed by atoms with Crippen LogP contribution in [0.2, 0.25) is 0 Å². The number of nitrogens with zero attached hydrogens (tertiary/aromatic N) is 2. The summed E-state index contributed by atoms with van der Waals surface area (Å²) in [5.41, 5.74) is 0.308. The standard InChI is InChI=1S/C14H15N3O4/c15-8-10-4-5-12(7-13(10)17(20)21)16-11-3-1-2-9(6-11)14(18)19/h4-5,7,9,11,16H,1-3,6H2,(H,18,19). The molecule has 0 heterocycles. The molecule has 1 aromatic carbocycles. The third-order valence-corrected chi connectivity index (χ3v) is 3.71. The van der Waals surface area contributed by atoms with E-state index in [0.717, 1.165) is 12.8 Å². The predicted octanol–water partition coefficient (Wildman–Crippen LogP) is 2.52. The Bertz CT molecular complexity index is 609. The van der Waals surface area contributed by atoms with Crippen molar-refractivity contribution in [3.8, 4) is 6.07 Å². The first kappa shape index (κ1) is 14.8. The van der Waals surface area contributed by atoms with Crippen LogP contribution in [0.25, 0.3) is 0 Å². The SMILES string of the molecule is N#Cc1ccc(NC2CCCC(C(=O)O)C2)cc1[N+](=O)[O-]. The van der Waals surface area contributed by atoms with Gasteiger partial charge in [0.15, 0.2) is 0 Å². The maximum absolute atomic E-state index is 11.0. The molecule has 2 atom stereocenters. The number of aliphatic carboxylic acids is 1. The number of carboxylic acid groups (broad SMARTS) is 1. The molecule has 7 nitrogen and oxygen atoms in total. The van der Waals surface area contributed by atoms with Crippen LogP contribution in [0.1, 0.15) is 31.2 Å². The number of nitro benzene ring substituents is 1. The van der Waals surface area contributed by atoms with Crippen molar-refractivity contribution < 1.29 is 14.8 Å². The molecule has 1 aromatic rings. The molecule has 0 spiro atoms. The summed E-state index contributed by atoms with van der Waals surface area (Å²) in [6, 6.07) is 6.09. The summed E-state index contributed by atoms with van der Waals surface area (Å²) >= 11 is 0. The average Bonchev–Trinajstić information content (AvgIpc) is 2.47. The molecule has 0 saturated heterocycles. The summed E-state index contributed by atoms with van der Waals surface area (Å²) in [4.78, 5) is 21.3. The van der Waals surface area contributed by atoms with Crippen molar-refractivity contribution >= 4 is 17.3 Å². The van der Waals surface area contributed by atoms with Crippen molar-refractivity contribution in [2.75, 3.05) is 5.32 Å². The first-order valence-electron chi connectivity index (χ1n) is 6.69. The van der Waals surface area contributed by atoms with Crippen LogP contribution in [-0.2, 0) is 4.79 Å². The fourth-order valence-electron chi connectivity index (χ4n) is 2.65. The molecule has 1 fully saturated rings. The second-order valence-electron chi connectivity index (χ2n) is 5.14. The highest BCUT2D eigenvalue weighted by Crippen LogP contribution is 2.29. The molecule has 2 rings (SSSR count). The number of nitro groups is 1. The molecule has 0 radical (unpaired) electrons. The van der Waals surface area contributed by atoms with Gasteiger partial charge in [0.1, 0.15) is 11.6 Å². The largest absolute Gasteiger partial charge is 0.481 e. The van der Waals surface area contributed by atoms with E-state index in [9.17, 15) is 14.9 Å². The lowest BCUT2D eigenvalue weighted by Crippen LogP contribution is -2.30. The van der Waals surface area contributed by atoms with Gasteiger partial charge in [-0.1, -0.05) is 6.42 Å². The lowest BCUT2D eigenvalue weighted by atomic mass is 9.85. The van der Waals surface area contributed by atoms with Gasteiger partial charge in [-0.2, -0.15) is 5.26 Å². The zero-order valence-electron chi connectivity index (χ0n) is 11.3. The van der Waals surface area contributed by atoms with E-state index in [2.05, 4.69) is 5.32 Å². The molecule has 0 amide bonds. The molecule has 21 heavy (non-hydrogen) atoms. The van der Waals surface area contributed by atoms with Gasteiger partial charge in [0.25, 0.3) is 5.69 Å². The van der Waals surface area contributed by atoms with E-state index in [0.29, 0.717) is 18.5 Å². The molecular formula is C14H15N3O4. The number of rotatable bonds is 4. The molecule has 1 aliphatic carbocycles. The molecule has 1 saturated carbocycles. The topological polar surface area (TPSA) is 116 Å². The third-order valence-electron chi connectivity index (χ3n) is 3.71. The van der Waals surface area contributed by atoms with Crippen LogP contribution < -0.4 is 5.32 Å². The number of nitriles is 1. The summed E-state index contributed by atoms with van der Waals surface area (Å²) in [5, 5.41) is 31.9. The number of nitrogens with one attached hydrogen (secondary N) is 1. The van der Waals surface area contributed by atoms with Crippen LogP contribution >= 0.6 is 0 Å². The minimum Gasteiger partial charge on any atom is -0.481 e. The Balaban J connectivity index is 2.13. The fourth-order valence-corrected chi connectivity index (χ4v) is 2.65. The average molecular weight is 289 g/mol. The van der Waals surface area contributed by atoms with E-state index in [-0.39, 0.29) is 23.2 Å². The van der Waals surface area contributed by atoms with E-state index < -0.39 is 10.9 Å². The van der Waals surface area contributed by atoms with Crippen LogP contribution in [0.3, 0.4) is 0 Å². The summed E-state index contributed by atoms with van der Waals surface area (Å²) in [7, 11) is 0. The second-order valence-corrected chi connectivity index (χ2v) is 5.14. The second kappa shape index (κ2) is 6.22. The van der Waals surface area contributed by atoms with Gasteiger partial charge in [0.05, 0.1) is 10.8 Å². The van der Waals surface area contributed by atoms with Gasteiger partial charge in [0.2, 0.25) is 0 Å². The lowest BCUT2D eigenvalue weighted by Gasteiger charge is -2.28. The van der Waals surface area contributed by atoms with Crippen molar-refractivity contribution in [3.63, 3.8) is 0 Å². The highest BCUT2D eigenvalue weighted by Gasteiger charge is 2.27. The molecule has 0 aromatic heterocycles. The van der Waals surface area contributed by atoms with E-state index >= 15 is 0 Å². The van der Waals surface area contributed by atoms with Gasteiger partial charge >= 0.3 is 5.97 Å². The molecule has 7 heteroatoms. The van der Waals surface area contributed by atoms with Crippen molar-refractivity contribution in [3.05, 3.63) is 33.9 Å². The number of hydrogen-bond donors (Lipinski definition) is 2. The van der Waals surface area contributed by atoms with E-state index in [4.69, 9.17) is 10.4 Å². The van der Waals surface area contributed by atoms with Crippen LogP contribution in [0.5, 0.6) is 0 Å². The predicted molar refractivity (Wildman–Crippen MR) is 74.8 cm³/mol. The number of hydrogen-bond acceptors (Lipinski definition) is 5. The molecule has 110 valence electrons. The minimum absolute atomic E-state index is 0.0117. The van der Waals surface area contributed by atoms with Crippen molar-refractivity contribution in [2.24, 2.45) is 5.92 Å². The van der Waals surface area contributed by atoms with Crippen LogP contribution in [0.4, 0.5) is 11.4 Å². The maximum Gasteiger partial charge on any atom is 0.306 e. The number of anilines is 1. The normalized spacial score (nSPS) is 21.3. The number of benzene rings is 1. The molecule has 0 aliphatic heterocycles. The molecule has 0 bridgehead atoms. The Labute approximate surface area is 121 Å². The summed E-state index contributed by atoms with van der Waals surface area (Å²) < 4.78 is 0. The number of carboxylic acids is 1. The fraction of sp³-hybridized carbons (Fsp3) is 0.429. The zero-order valence-corrected chi connectivity index (χ0v) is 11.3. The maximum atomic E-state index is 11.0. The van der Waals surface area contributed by atoms with Crippen LogP contribution in [0.15, 0.2) is 18.2 Å². The monoisotopic (exact) mass is 289 g/mol. The van der Waals surface area contributed by atoms with Gasteiger partial charge in [-0.15, -0.1) is 0 Å². The van der Waals surface area contributed by atoms with Crippen LogP contribution in [0, 0.1) is 27.4 Å². The van der Waals surface area contributed by atoms with Crippen molar-refractivity contribution in [1.82, 2.24) is 0 Å². The third kappa shape index (κ3) is 3.48. The van der Waals surface area contributed by atoms with Gasteiger partial charge in [-0.3, -0.25) is 14.9 Å².